The summed E-state index contributed by atoms with van der Waals surface area (Å²) in [5.74, 6) is 1.08. The van der Waals surface area contributed by atoms with Crippen LogP contribution >= 0.6 is 0 Å². The number of carbonyl (C=O) groups excluding carboxylic acids is 1. The van der Waals surface area contributed by atoms with E-state index in [2.05, 4.69) is 5.32 Å². The molecule has 1 N–H and O–H groups in total. The third kappa shape index (κ3) is 3.99. The second-order valence-electron chi connectivity index (χ2n) is 4.77. The molecule has 0 aliphatic heterocycles. The van der Waals surface area contributed by atoms with Gasteiger partial charge in [-0.1, -0.05) is 24.3 Å². The van der Waals surface area contributed by atoms with Crippen molar-refractivity contribution in [1.29, 1.82) is 0 Å². The number of ether oxygens (including phenoxy) is 2. The van der Waals surface area contributed by atoms with Crippen LogP contribution < -0.4 is 14.8 Å². The van der Waals surface area contributed by atoms with Crippen LogP contribution in [0, 0.1) is 6.92 Å². The van der Waals surface area contributed by atoms with Crippen molar-refractivity contribution >= 4 is 11.6 Å². The third-order valence-corrected chi connectivity index (χ3v) is 3.04. The first kappa shape index (κ1) is 14.9. The molecule has 21 heavy (non-hydrogen) atoms. The zero-order valence-electron chi connectivity index (χ0n) is 12.4. The molecule has 2 rings (SSSR count). The Morgan fingerprint density at radius 2 is 1.90 bits per heavy atom. The van der Waals surface area contributed by atoms with Crippen molar-refractivity contribution in [2.24, 2.45) is 0 Å². The summed E-state index contributed by atoms with van der Waals surface area (Å²) in [4.78, 5) is 12.2. The van der Waals surface area contributed by atoms with E-state index >= 15 is 0 Å². The van der Waals surface area contributed by atoms with Gasteiger partial charge in [-0.15, -0.1) is 0 Å². The normalized spacial score (nSPS) is 11.6. The lowest BCUT2D eigenvalue weighted by atomic mass is 10.2. The Morgan fingerprint density at radius 1 is 1.14 bits per heavy atom. The summed E-state index contributed by atoms with van der Waals surface area (Å²) in [5, 5.41) is 2.81. The molecule has 4 heteroatoms. The fourth-order valence-electron chi connectivity index (χ4n) is 1.93. The molecule has 1 amide bonds. The van der Waals surface area contributed by atoms with Crippen molar-refractivity contribution in [1.82, 2.24) is 0 Å². The summed E-state index contributed by atoms with van der Waals surface area (Å²) in [5.41, 5.74) is 1.72. The van der Waals surface area contributed by atoms with Gasteiger partial charge >= 0.3 is 0 Å². The van der Waals surface area contributed by atoms with Gasteiger partial charge in [0.05, 0.1) is 12.8 Å². The Bertz CT molecular complexity index is 625. The van der Waals surface area contributed by atoms with Crippen LogP contribution in [0.3, 0.4) is 0 Å². The highest BCUT2D eigenvalue weighted by Crippen LogP contribution is 2.23. The Labute approximate surface area is 124 Å². The Hall–Kier alpha value is -2.49. The number of amides is 1. The van der Waals surface area contributed by atoms with Gasteiger partial charge in [-0.05, 0) is 43.7 Å². The highest BCUT2D eigenvalue weighted by atomic mass is 16.5. The van der Waals surface area contributed by atoms with Gasteiger partial charge in [0.25, 0.3) is 5.91 Å². The van der Waals surface area contributed by atoms with Gasteiger partial charge in [-0.25, -0.2) is 0 Å². The Morgan fingerprint density at radius 3 is 2.62 bits per heavy atom. The average molecular weight is 285 g/mol. The number of methoxy groups -OCH3 is 1. The summed E-state index contributed by atoms with van der Waals surface area (Å²) in [7, 11) is 1.57. The zero-order valence-corrected chi connectivity index (χ0v) is 12.4. The van der Waals surface area contributed by atoms with Crippen molar-refractivity contribution in [2.45, 2.75) is 20.0 Å². The van der Waals surface area contributed by atoms with Gasteiger partial charge in [-0.3, -0.25) is 4.79 Å². The first-order valence-electron chi connectivity index (χ1n) is 6.77. The topological polar surface area (TPSA) is 47.6 Å². The highest BCUT2D eigenvalue weighted by Gasteiger charge is 2.16. The number of carbonyl (C=O) groups is 1. The predicted molar refractivity (Wildman–Crippen MR) is 82.9 cm³/mol. The van der Waals surface area contributed by atoms with Crippen LogP contribution in [-0.4, -0.2) is 19.1 Å². The van der Waals surface area contributed by atoms with Gasteiger partial charge < -0.3 is 14.8 Å². The van der Waals surface area contributed by atoms with E-state index in [1.807, 2.05) is 43.3 Å². The minimum atomic E-state index is -0.600. The largest absolute Gasteiger partial charge is 0.495 e. The molecule has 0 aliphatic carbocycles. The Balaban J connectivity index is 2.02. The van der Waals surface area contributed by atoms with E-state index in [0.29, 0.717) is 17.2 Å². The molecule has 0 radical (unpaired) electrons. The summed E-state index contributed by atoms with van der Waals surface area (Å²) in [6.07, 6.45) is -0.600. The molecule has 0 aliphatic rings. The van der Waals surface area contributed by atoms with Gasteiger partial charge in [0.2, 0.25) is 0 Å². The van der Waals surface area contributed by atoms with Crippen molar-refractivity contribution in [2.75, 3.05) is 12.4 Å². The van der Waals surface area contributed by atoms with E-state index in [4.69, 9.17) is 9.47 Å². The monoisotopic (exact) mass is 285 g/mol. The molecule has 4 nitrogen and oxygen atoms in total. The van der Waals surface area contributed by atoms with Crippen molar-refractivity contribution in [3.8, 4) is 11.5 Å². The first-order valence-corrected chi connectivity index (χ1v) is 6.77. The molecular weight excluding hydrogens is 266 g/mol. The molecule has 0 fully saturated rings. The molecule has 110 valence electrons. The average Bonchev–Trinajstić information content (AvgIpc) is 2.47. The van der Waals surface area contributed by atoms with Crippen molar-refractivity contribution in [3.05, 3.63) is 54.1 Å². The van der Waals surface area contributed by atoms with Crippen molar-refractivity contribution < 1.29 is 14.3 Å². The Kier molecular flexibility index (Phi) is 4.82. The number of aryl methyl sites for hydroxylation is 1. The second-order valence-corrected chi connectivity index (χ2v) is 4.77. The summed E-state index contributed by atoms with van der Waals surface area (Å²) in [6, 6.07) is 14.9. The summed E-state index contributed by atoms with van der Waals surface area (Å²) >= 11 is 0. The number of hydrogen-bond acceptors (Lipinski definition) is 3. The number of benzene rings is 2. The number of anilines is 1. The van der Waals surface area contributed by atoms with E-state index in [1.54, 1.807) is 26.2 Å². The SMILES string of the molecule is COc1ccccc1NC(=O)[C@@H](C)Oc1cccc(C)c1. The van der Waals surface area contributed by atoms with E-state index < -0.39 is 6.10 Å². The molecule has 0 saturated carbocycles. The molecule has 0 aromatic heterocycles. The van der Waals surface area contributed by atoms with Crippen LogP contribution in [0.15, 0.2) is 48.5 Å². The van der Waals surface area contributed by atoms with Gasteiger partial charge in [0.1, 0.15) is 11.5 Å². The molecule has 2 aromatic rings. The van der Waals surface area contributed by atoms with Crippen molar-refractivity contribution in [3.63, 3.8) is 0 Å². The first-order chi connectivity index (χ1) is 10.1. The maximum absolute atomic E-state index is 12.2. The summed E-state index contributed by atoms with van der Waals surface area (Å²) < 4.78 is 10.9. The smallest absolute Gasteiger partial charge is 0.265 e. The van der Waals surface area contributed by atoms with E-state index in [1.165, 1.54) is 0 Å². The molecule has 0 unspecified atom stereocenters. The number of para-hydroxylation sites is 2. The molecule has 0 spiro atoms. The van der Waals surface area contributed by atoms with E-state index in [0.717, 1.165) is 5.56 Å². The molecule has 1 atom stereocenters. The van der Waals surface area contributed by atoms with Gasteiger partial charge in [-0.2, -0.15) is 0 Å². The lowest BCUT2D eigenvalue weighted by molar-refractivity contribution is -0.122. The van der Waals surface area contributed by atoms with Gasteiger partial charge in [0.15, 0.2) is 6.10 Å². The van der Waals surface area contributed by atoms with E-state index in [9.17, 15) is 4.79 Å². The maximum atomic E-state index is 12.2. The quantitative estimate of drug-likeness (QED) is 0.915. The molecule has 0 bridgehead atoms. The van der Waals surface area contributed by atoms with Crippen LogP contribution in [0.25, 0.3) is 0 Å². The highest BCUT2D eigenvalue weighted by molar-refractivity contribution is 5.95. The molecule has 0 saturated heterocycles. The molecule has 2 aromatic carbocycles. The van der Waals surface area contributed by atoms with Crippen LogP contribution in [-0.2, 0) is 4.79 Å². The number of hydrogen-bond donors (Lipinski definition) is 1. The predicted octanol–water partition coefficient (Wildman–Crippen LogP) is 3.41. The van der Waals surface area contributed by atoms with Gasteiger partial charge in [0, 0.05) is 0 Å². The standard InChI is InChI=1S/C17H19NO3/c1-12-7-6-8-14(11-12)21-13(2)17(19)18-15-9-4-5-10-16(15)20-3/h4-11,13H,1-3H3,(H,18,19)/t13-/m1/s1. The lowest BCUT2D eigenvalue weighted by Gasteiger charge is -2.16. The summed E-state index contributed by atoms with van der Waals surface area (Å²) in [6.45, 7) is 3.69. The molecule has 0 heterocycles. The van der Waals surface area contributed by atoms with E-state index in [-0.39, 0.29) is 5.91 Å². The fraction of sp³-hybridized carbons (Fsp3) is 0.235. The van der Waals surface area contributed by atoms with Crippen LogP contribution in [0.2, 0.25) is 0 Å². The second kappa shape index (κ2) is 6.79. The third-order valence-electron chi connectivity index (χ3n) is 3.04. The van der Waals surface area contributed by atoms with Crippen LogP contribution in [0.4, 0.5) is 5.69 Å². The fourth-order valence-corrected chi connectivity index (χ4v) is 1.93. The molecular formula is C17H19NO3. The minimum Gasteiger partial charge on any atom is -0.495 e. The maximum Gasteiger partial charge on any atom is 0.265 e. The van der Waals surface area contributed by atoms with Crippen LogP contribution in [0.5, 0.6) is 11.5 Å². The zero-order chi connectivity index (χ0) is 15.2. The minimum absolute atomic E-state index is 0.221. The number of rotatable bonds is 5. The number of nitrogens with one attached hydrogen (secondary N) is 1. The lowest BCUT2D eigenvalue weighted by Crippen LogP contribution is -2.30. The van der Waals surface area contributed by atoms with Crippen LogP contribution in [0.1, 0.15) is 12.5 Å².